The Balaban J connectivity index is 1.87. The molecule has 2 aromatic carbocycles. The first-order valence-corrected chi connectivity index (χ1v) is 7.28. The summed E-state index contributed by atoms with van der Waals surface area (Å²) in [4.78, 5) is 12.6. The van der Waals surface area contributed by atoms with E-state index in [1.165, 1.54) is 18.6 Å². The number of carbonyl (C=O) groups is 1. The molecule has 7 heteroatoms. The third-order valence-corrected chi connectivity index (χ3v) is 3.53. The van der Waals surface area contributed by atoms with E-state index in [1.54, 1.807) is 42.5 Å². The van der Waals surface area contributed by atoms with Crippen molar-refractivity contribution in [2.24, 2.45) is 0 Å². The molecule has 3 aromatic rings. The monoisotopic (exact) mass is 331 g/mol. The number of benzene rings is 2. The molecule has 3 rings (SSSR count). The van der Waals surface area contributed by atoms with Gasteiger partial charge in [0.2, 0.25) is 0 Å². The topological polar surface area (TPSA) is 77.2 Å². The maximum absolute atomic E-state index is 11.1. The van der Waals surface area contributed by atoms with Crippen molar-refractivity contribution < 1.29 is 14.6 Å². The average molecular weight is 332 g/mol. The lowest BCUT2D eigenvalue weighted by molar-refractivity contribution is -0.152. The molecule has 0 bridgehead atoms. The van der Waals surface area contributed by atoms with Crippen LogP contribution in [0.2, 0.25) is 5.02 Å². The third-order valence-electron chi connectivity index (χ3n) is 3.30. The molecular formula is C16H14ClN3O3. The Labute approximate surface area is 137 Å². The smallest absolute Gasteiger partial charge is 0.347 e. The first-order valence-electron chi connectivity index (χ1n) is 6.91. The van der Waals surface area contributed by atoms with Crippen LogP contribution in [0.1, 0.15) is 13.8 Å². The number of hydrogen-bond donors (Lipinski definition) is 1. The number of rotatable bonds is 4. The lowest BCUT2D eigenvalue weighted by atomic mass is 10.1. The van der Waals surface area contributed by atoms with Crippen LogP contribution in [-0.4, -0.2) is 31.7 Å². The fourth-order valence-corrected chi connectivity index (χ4v) is 2.16. The Morgan fingerprint density at radius 1 is 1.13 bits per heavy atom. The minimum Gasteiger partial charge on any atom is -0.478 e. The van der Waals surface area contributed by atoms with Gasteiger partial charge in [0.05, 0.1) is 5.69 Å². The molecule has 0 aliphatic carbocycles. The van der Waals surface area contributed by atoms with E-state index < -0.39 is 11.6 Å². The highest BCUT2D eigenvalue weighted by molar-refractivity contribution is 6.31. The molecule has 23 heavy (non-hydrogen) atoms. The molecule has 6 nitrogen and oxygen atoms in total. The summed E-state index contributed by atoms with van der Waals surface area (Å²) in [5.41, 5.74) is 0.876. The standard InChI is InChI=1S/C16H14ClN3O3/c1-16(2,15(21)22)23-12-6-4-11(5-7-12)20-18-13-8-3-10(17)9-14(13)19-20/h3-9H,1-2H3,(H,21,22). The van der Waals surface area contributed by atoms with Crippen molar-refractivity contribution in [2.45, 2.75) is 19.4 Å². The van der Waals surface area contributed by atoms with Gasteiger partial charge in [0.15, 0.2) is 5.60 Å². The van der Waals surface area contributed by atoms with Crippen molar-refractivity contribution in [3.05, 3.63) is 47.5 Å². The van der Waals surface area contributed by atoms with Crippen molar-refractivity contribution in [1.82, 2.24) is 15.0 Å². The molecule has 0 saturated heterocycles. The molecule has 0 spiro atoms. The van der Waals surface area contributed by atoms with E-state index in [0.29, 0.717) is 16.3 Å². The number of nitrogens with zero attached hydrogens (tertiary/aromatic N) is 3. The highest BCUT2D eigenvalue weighted by Crippen LogP contribution is 2.21. The lowest BCUT2D eigenvalue weighted by Gasteiger charge is -2.21. The van der Waals surface area contributed by atoms with E-state index in [4.69, 9.17) is 21.4 Å². The predicted octanol–water partition coefficient (Wildman–Crippen LogP) is 3.32. The molecule has 0 aliphatic heterocycles. The summed E-state index contributed by atoms with van der Waals surface area (Å²) >= 11 is 5.94. The van der Waals surface area contributed by atoms with Gasteiger partial charge in [0.1, 0.15) is 16.8 Å². The van der Waals surface area contributed by atoms with Crippen LogP contribution in [0.5, 0.6) is 5.75 Å². The summed E-state index contributed by atoms with van der Waals surface area (Å²) in [5.74, 6) is -0.570. The number of hydrogen-bond acceptors (Lipinski definition) is 4. The van der Waals surface area contributed by atoms with Crippen LogP contribution in [-0.2, 0) is 4.79 Å². The molecule has 0 fully saturated rings. The largest absolute Gasteiger partial charge is 0.478 e. The van der Waals surface area contributed by atoms with Crippen LogP contribution in [0.3, 0.4) is 0 Å². The van der Waals surface area contributed by atoms with E-state index in [2.05, 4.69) is 10.2 Å². The van der Waals surface area contributed by atoms with E-state index >= 15 is 0 Å². The highest BCUT2D eigenvalue weighted by Gasteiger charge is 2.29. The van der Waals surface area contributed by atoms with E-state index in [1.807, 2.05) is 0 Å². The second-order valence-corrected chi connectivity index (χ2v) is 5.97. The number of halogens is 1. The fourth-order valence-electron chi connectivity index (χ4n) is 1.99. The number of carboxylic acids is 1. The average Bonchev–Trinajstić information content (AvgIpc) is 2.90. The summed E-state index contributed by atoms with van der Waals surface area (Å²) < 4.78 is 5.46. The normalized spacial score (nSPS) is 11.6. The van der Waals surface area contributed by atoms with Gasteiger partial charge in [0.25, 0.3) is 0 Å². The molecule has 0 saturated carbocycles. The summed E-state index contributed by atoms with van der Waals surface area (Å²) in [5, 5.41) is 18.4. The van der Waals surface area contributed by atoms with Crippen LogP contribution in [0.25, 0.3) is 16.7 Å². The zero-order chi connectivity index (χ0) is 16.6. The van der Waals surface area contributed by atoms with Crippen molar-refractivity contribution in [3.63, 3.8) is 0 Å². The Bertz CT molecular complexity index is 872. The quantitative estimate of drug-likeness (QED) is 0.793. The Morgan fingerprint density at radius 3 is 2.43 bits per heavy atom. The molecule has 0 unspecified atom stereocenters. The lowest BCUT2D eigenvalue weighted by Crippen LogP contribution is -2.37. The maximum Gasteiger partial charge on any atom is 0.347 e. The molecule has 1 aromatic heterocycles. The van der Waals surface area contributed by atoms with Gasteiger partial charge < -0.3 is 9.84 Å². The van der Waals surface area contributed by atoms with Crippen molar-refractivity contribution >= 4 is 28.6 Å². The molecule has 0 atom stereocenters. The van der Waals surface area contributed by atoms with Crippen LogP contribution >= 0.6 is 11.6 Å². The molecular weight excluding hydrogens is 318 g/mol. The number of fused-ring (bicyclic) bond motifs is 1. The maximum atomic E-state index is 11.1. The first-order chi connectivity index (χ1) is 10.8. The Morgan fingerprint density at radius 2 is 1.78 bits per heavy atom. The van der Waals surface area contributed by atoms with Gasteiger partial charge >= 0.3 is 5.97 Å². The van der Waals surface area contributed by atoms with Gasteiger partial charge in [-0.05, 0) is 56.3 Å². The summed E-state index contributed by atoms with van der Waals surface area (Å²) in [6.07, 6.45) is 0. The molecule has 0 radical (unpaired) electrons. The minimum absolute atomic E-state index is 0.459. The van der Waals surface area contributed by atoms with Crippen molar-refractivity contribution in [3.8, 4) is 11.4 Å². The zero-order valence-corrected chi connectivity index (χ0v) is 13.3. The SMILES string of the molecule is CC(C)(Oc1ccc(-n2nc3ccc(Cl)cc3n2)cc1)C(=O)O. The molecule has 0 amide bonds. The molecule has 1 heterocycles. The Hall–Kier alpha value is -2.60. The van der Waals surface area contributed by atoms with Crippen LogP contribution < -0.4 is 4.74 Å². The van der Waals surface area contributed by atoms with Gasteiger partial charge in [0, 0.05) is 5.02 Å². The summed E-state index contributed by atoms with van der Waals surface area (Å²) in [6, 6.07) is 12.2. The minimum atomic E-state index is -1.29. The highest BCUT2D eigenvalue weighted by atomic mass is 35.5. The van der Waals surface area contributed by atoms with Crippen LogP contribution in [0, 0.1) is 0 Å². The second-order valence-electron chi connectivity index (χ2n) is 5.53. The van der Waals surface area contributed by atoms with E-state index in [9.17, 15) is 4.79 Å². The third kappa shape index (κ3) is 3.12. The molecule has 118 valence electrons. The molecule has 0 aliphatic rings. The van der Waals surface area contributed by atoms with E-state index in [-0.39, 0.29) is 0 Å². The number of carboxylic acid groups (broad SMARTS) is 1. The summed E-state index contributed by atoms with van der Waals surface area (Å²) in [7, 11) is 0. The van der Waals surface area contributed by atoms with Crippen molar-refractivity contribution in [1.29, 1.82) is 0 Å². The van der Waals surface area contributed by atoms with Crippen LogP contribution in [0.15, 0.2) is 42.5 Å². The second kappa shape index (κ2) is 5.55. The Kier molecular flexibility index (Phi) is 3.69. The first kappa shape index (κ1) is 15.3. The zero-order valence-electron chi connectivity index (χ0n) is 12.5. The number of ether oxygens (including phenoxy) is 1. The number of aliphatic carboxylic acids is 1. The predicted molar refractivity (Wildman–Crippen MR) is 86.2 cm³/mol. The number of aromatic nitrogens is 3. The summed E-state index contributed by atoms with van der Waals surface area (Å²) in [6.45, 7) is 2.99. The fraction of sp³-hybridized carbons (Fsp3) is 0.188. The van der Waals surface area contributed by atoms with E-state index in [0.717, 1.165) is 11.2 Å². The van der Waals surface area contributed by atoms with Gasteiger partial charge in [-0.25, -0.2) is 4.79 Å². The van der Waals surface area contributed by atoms with Crippen LogP contribution in [0.4, 0.5) is 0 Å². The molecule has 1 N–H and O–H groups in total. The van der Waals surface area contributed by atoms with Gasteiger partial charge in [-0.15, -0.1) is 10.2 Å². The van der Waals surface area contributed by atoms with Gasteiger partial charge in [-0.3, -0.25) is 0 Å². The van der Waals surface area contributed by atoms with Gasteiger partial charge in [-0.1, -0.05) is 11.6 Å². The van der Waals surface area contributed by atoms with Crippen molar-refractivity contribution in [2.75, 3.05) is 0 Å². The van der Waals surface area contributed by atoms with Gasteiger partial charge in [-0.2, -0.15) is 4.80 Å².